The zero-order valence-corrected chi connectivity index (χ0v) is 18.4. The minimum absolute atomic E-state index is 0.00322. The van der Waals surface area contributed by atoms with Crippen LogP contribution in [0.15, 0.2) is 47.4 Å². The Hall–Kier alpha value is -2.55. The van der Waals surface area contributed by atoms with E-state index in [1.165, 1.54) is 17.8 Å². The van der Waals surface area contributed by atoms with Gasteiger partial charge in [0.15, 0.2) is 11.5 Å². The number of methoxy groups -OCH3 is 2. The number of ether oxygens (including phenoxy) is 2. The molecule has 0 N–H and O–H groups in total. The molecule has 1 unspecified atom stereocenters. The van der Waals surface area contributed by atoms with Gasteiger partial charge in [0.05, 0.1) is 25.0 Å². The number of rotatable bonds is 6. The van der Waals surface area contributed by atoms with E-state index in [-0.39, 0.29) is 11.2 Å². The standard InChI is InChI=1S/C22H25F3N2O3S/c1-15(31-18-7-8-19(29-2)20(14-18)30-3)21(28)27-11-9-26(10-12-27)17-6-4-5-16(13-17)22(23,24)25/h4-8,13-15H,9-12H2,1-3H3. The van der Waals surface area contributed by atoms with Gasteiger partial charge in [-0.25, -0.2) is 0 Å². The molecular formula is C22H25F3N2O3S. The monoisotopic (exact) mass is 454 g/mol. The van der Waals surface area contributed by atoms with Gasteiger partial charge >= 0.3 is 6.18 Å². The number of nitrogens with zero attached hydrogens (tertiary/aromatic N) is 2. The largest absolute Gasteiger partial charge is 0.493 e. The fraction of sp³-hybridized carbons (Fsp3) is 0.409. The van der Waals surface area contributed by atoms with Crippen molar-refractivity contribution in [3.8, 4) is 11.5 Å². The lowest BCUT2D eigenvalue weighted by Gasteiger charge is -2.37. The summed E-state index contributed by atoms with van der Waals surface area (Å²) in [7, 11) is 3.13. The molecule has 31 heavy (non-hydrogen) atoms. The number of carbonyl (C=O) groups excluding carboxylic acids is 1. The van der Waals surface area contributed by atoms with Crippen molar-refractivity contribution < 1.29 is 27.4 Å². The molecule has 1 fully saturated rings. The van der Waals surface area contributed by atoms with Gasteiger partial charge in [0, 0.05) is 36.8 Å². The fourth-order valence-electron chi connectivity index (χ4n) is 3.47. The summed E-state index contributed by atoms with van der Waals surface area (Å²) in [5.74, 6) is 1.22. The highest BCUT2D eigenvalue weighted by Gasteiger charge is 2.31. The maximum atomic E-state index is 13.0. The first-order chi connectivity index (χ1) is 14.7. The average molecular weight is 455 g/mol. The Labute approximate surface area is 184 Å². The van der Waals surface area contributed by atoms with Gasteiger partial charge in [-0.1, -0.05) is 6.07 Å². The minimum atomic E-state index is -4.37. The van der Waals surface area contributed by atoms with Crippen LogP contribution in [0.2, 0.25) is 0 Å². The Kier molecular flexibility index (Phi) is 7.25. The van der Waals surface area contributed by atoms with Crippen molar-refractivity contribution in [1.82, 2.24) is 4.90 Å². The summed E-state index contributed by atoms with van der Waals surface area (Å²) in [6.45, 7) is 3.75. The summed E-state index contributed by atoms with van der Waals surface area (Å²) in [4.78, 5) is 17.4. The lowest BCUT2D eigenvalue weighted by Crippen LogP contribution is -2.50. The number of thioether (sulfide) groups is 1. The molecule has 0 bridgehead atoms. The van der Waals surface area contributed by atoms with Crippen LogP contribution in [0.4, 0.5) is 18.9 Å². The highest BCUT2D eigenvalue weighted by atomic mass is 32.2. The molecule has 0 spiro atoms. The molecular weight excluding hydrogens is 429 g/mol. The van der Waals surface area contributed by atoms with Crippen LogP contribution in [0.25, 0.3) is 0 Å². The number of anilines is 1. The van der Waals surface area contributed by atoms with E-state index >= 15 is 0 Å². The van der Waals surface area contributed by atoms with Gasteiger partial charge in [-0.2, -0.15) is 13.2 Å². The van der Waals surface area contributed by atoms with Gasteiger partial charge < -0.3 is 19.3 Å². The zero-order chi connectivity index (χ0) is 22.6. The Balaban J connectivity index is 1.59. The van der Waals surface area contributed by atoms with Crippen molar-refractivity contribution in [3.63, 3.8) is 0 Å². The molecule has 2 aromatic carbocycles. The fourth-order valence-corrected chi connectivity index (χ4v) is 4.45. The Morgan fingerprint density at radius 1 is 1.00 bits per heavy atom. The lowest BCUT2D eigenvalue weighted by molar-refractivity contribution is -0.137. The SMILES string of the molecule is COc1ccc(SC(C)C(=O)N2CCN(c3cccc(C(F)(F)F)c3)CC2)cc1OC. The van der Waals surface area contributed by atoms with E-state index in [0.29, 0.717) is 43.4 Å². The van der Waals surface area contributed by atoms with E-state index in [9.17, 15) is 18.0 Å². The Bertz CT molecular complexity index is 915. The van der Waals surface area contributed by atoms with Crippen molar-refractivity contribution >= 4 is 23.4 Å². The Morgan fingerprint density at radius 2 is 1.68 bits per heavy atom. The van der Waals surface area contributed by atoms with E-state index in [2.05, 4.69) is 0 Å². The summed E-state index contributed by atoms with van der Waals surface area (Å²) in [5, 5.41) is -0.307. The normalized spacial score (nSPS) is 15.5. The first-order valence-corrected chi connectivity index (χ1v) is 10.7. The minimum Gasteiger partial charge on any atom is -0.493 e. The molecule has 0 aromatic heterocycles. The second-order valence-electron chi connectivity index (χ2n) is 7.14. The zero-order valence-electron chi connectivity index (χ0n) is 17.6. The molecule has 0 radical (unpaired) electrons. The third kappa shape index (κ3) is 5.58. The van der Waals surface area contributed by atoms with Gasteiger partial charge in [-0.15, -0.1) is 11.8 Å². The highest BCUT2D eigenvalue weighted by molar-refractivity contribution is 8.00. The predicted molar refractivity (Wildman–Crippen MR) is 115 cm³/mol. The second-order valence-corrected chi connectivity index (χ2v) is 8.55. The summed E-state index contributed by atoms with van der Waals surface area (Å²) in [6, 6.07) is 10.8. The summed E-state index contributed by atoms with van der Waals surface area (Å²) < 4.78 is 49.5. The van der Waals surface area contributed by atoms with Crippen molar-refractivity contribution in [2.24, 2.45) is 0 Å². The molecule has 0 aliphatic carbocycles. The van der Waals surface area contributed by atoms with Crippen LogP contribution >= 0.6 is 11.8 Å². The van der Waals surface area contributed by atoms with Crippen LogP contribution in [0.1, 0.15) is 12.5 Å². The molecule has 5 nitrogen and oxygen atoms in total. The Morgan fingerprint density at radius 3 is 2.29 bits per heavy atom. The van der Waals surface area contributed by atoms with E-state index < -0.39 is 11.7 Å². The van der Waals surface area contributed by atoms with Crippen LogP contribution in [0.3, 0.4) is 0 Å². The van der Waals surface area contributed by atoms with Gasteiger partial charge in [0.2, 0.25) is 5.91 Å². The number of hydrogen-bond acceptors (Lipinski definition) is 5. The van der Waals surface area contributed by atoms with Crippen molar-refractivity contribution in [2.45, 2.75) is 23.2 Å². The molecule has 1 heterocycles. The average Bonchev–Trinajstić information content (AvgIpc) is 2.78. The molecule has 9 heteroatoms. The van der Waals surface area contributed by atoms with Gasteiger partial charge in [0.25, 0.3) is 0 Å². The van der Waals surface area contributed by atoms with Gasteiger partial charge in [-0.05, 0) is 43.3 Å². The van der Waals surface area contributed by atoms with Gasteiger partial charge in [0.1, 0.15) is 0 Å². The number of amides is 1. The van der Waals surface area contributed by atoms with E-state index in [0.717, 1.165) is 17.0 Å². The van der Waals surface area contributed by atoms with Crippen LogP contribution in [-0.4, -0.2) is 56.5 Å². The summed E-state index contributed by atoms with van der Waals surface area (Å²) >= 11 is 1.43. The number of carbonyl (C=O) groups is 1. The smallest absolute Gasteiger partial charge is 0.416 e. The van der Waals surface area contributed by atoms with E-state index in [1.54, 1.807) is 31.3 Å². The molecule has 2 aromatic rings. The third-order valence-electron chi connectivity index (χ3n) is 5.15. The van der Waals surface area contributed by atoms with Crippen LogP contribution < -0.4 is 14.4 Å². The second kappa shape index (κ2) is 9.72. The number of benzene rings is 2. The molecule has 1 saturated heterocycles. The van der Waals surface area contributed by atoms with E-state index in [4.69, 9.17) is 9.47 Å². The molecule has 3 rings (SSSR count). The molecule has 1 aliphatic rings. The molecule has 1 atom stereocenters. The van der Waals surface area contributed by atoms with E-state index in [1.807, 2.05) is 24.0 Å². The summed E-state index contributed by atoms with van der Waals surface area (Å²) in [5.41, 5.74) is -0.141. The maximum absolute atomic E-state index is 13.0. The number of piperazine rings is 1. The molecule has 1 aliphatic heterocycles. The van der Waals surface area contributed by atoms with Crippen molar-refractivity contribution in [3.05, 3.63) is 48.0 Å². The lowest BCUT2D eigenvalue weighted by atomic mass is 10.1. The quantitative estimate of drug-likeness (QED) is 0.599. The highest BCUT2D eigenvalue weighted by Crippen LogP contribution is 2.34. The molecule has 0 saturated carbocycles. The van der Waals surface area contributed by atoms with Crippen molar-refractivity contribution in [2.75, 3.05) is 45.3 Å². The van der Waals surface area contributed by atoms with Crippen LogP contribution in [-0.2, 0) is 11.0 Å². The number of alkyl halides is 3. The van der Waals surface area contributed by atoms with Crippen LogP contribution in [0.5, 0.6) is 11.5 Å². The molecule has 1 amide bonds. The van der Waals surface area contributed by atoms with Gasteiger partial charge in [-0.3, -0.25) is 4.79 Å². The number of halogens is 3. The maximum Gasteiger partial charge on any atom is 0.416 e. The van der Waals surface area contributed by atoms with Crippen LogP contribution in [0, 0.1) is 0 Å². The third-order valence-corrected chi connectivity index (χ3v) is 6.23. The predicted octanol–water partition coefficient (Wildman–Crippen LogP) is 4.55. The molecule has 168 valence electrons. The first-order valence-electron chi connectivity index (χ1n) is 9.82. The summed E-state index contributed by atoms with van der Waals surface area (Å²) in [6.07, 6.45) is -4.37. The first kappa shape index (κ1) is 23.1. The van der Waals surface area contributed by atoms with Crippen molar-refractivity contribution in [1.29, 1.82) is 0 Å². The number of hydrogen-bond donors (Lipinski definition) is 0. The topological polar surface area (TPSA) is 42.0 Å².